The molecule has 0 aliphatic carbocycles. The summed E-state index contributed by atoms with van der Waals surface area (Å²) in [6.45, 7) is 0. The Hall–Kier alpha value is -1.55. The first-order valence-electron chi connectivity index (χ1n) is 3.93. The van der Waals surface area contributed by atoms with Crippen molar-refractivity contribution in [3.8, 4) is 11.3 Å². The second kappa shape index (κ2) is 3.31. The number of anilines is 1. The monoisotopic (exact) mass is 211 g/mol. The molecule has 5 heteroatoms. The number of halogens is 2. The average Bonchev–Trinajstić information content (AvgIpc) is 2.56. The van der Waals surface area contributed by atoms with Crippen LogP contribution in [0.2, 0.25) is 5.02 Å². The number of nitrogen functional groups attached to an aromatic ring is 1. The molecule has 0 saturated carbocycles. The van der Waals surface area contributed by atoms with Gasteiger partial charge in [-0.05, 0) is 18.2 Å². The van der Waals surface area contributed by atoms with E-state index in [1.807, 2.05) is 0 Å². The number of hydrogen-bond donors (Lipinski definition) is 2. The summed E-state index contributed by atoms with van der Waals surface area (Å²) in [7, 11) is 0. The Morgan fingerprint density at radius 1 is 1.43 bits per heavy atom. The van der Waals surface area contributed by atoms with Gasteiger partial charge in [-0.15, -0.1) is 0 Å². The van der Waals surface area contributed by atoms with Gasteiger partial charge >= 0.3 is 0 Å². The number of nitrogens with two attached hydrogens (primary N) is 1. The van der Waals surface area contributed by atoms with Crippen LogP contribution in [0.5, 0.6) is 0 Å². The molecule has 0 atom stereocenters. The summed E-state index contributed by atoms with van der Waals surface area (Å²) in [6.07, 6.45) is 1.46. The number of hydrogen-bond acceptors (Lipinski definition) is 2. The lowest BCUT2D eigenvalue weighted by atomic mass is 10.1. The summed E-state index contributed by atoms with van der Waals surface area (Å²) >= 11 is 5.74. The highest BCUT2D eigenvalue weighted by Gasteiger charge is 2.07. The fraction of sp³-hybridized carbons (Fsp3) is 0. The van der Waals surface area contributed by atoms with Gasteiger partial charge in [0.05, 0.1) is 11.9 Å². The Kier molecular flexibility index (Phi) is 2.13. The predicted molar refractivity (Wildman–Crippen MR) is 53.4 cm³/mol. The van der Waals surface area contributed by atoms with E-state index in [9.17, 15) is 4.39 Å². The van der Waals surface area contributed by atoms with E-state index in [2.05, 4.69) is 9.97 Å². The van der Waals surface area contributed by atoms with Crippen molar-refractivity contribution in [1.82, 2.24) is 9.97 Å². The van der Waals surface area contributed by atoms with Crippen molar-refractivity contribution in [2.45, 2.75) is 0 Å². The topological polar surface area (TPSA) is 54.7 Å². The highest BCUT2D eigenvalue weighted by atomic mass is 35.5. The van der Waals surface area contributed by atoms with Crippen LogP contribution >= 0.6 is 11.6 Å². The maximum Gasteiger partial charge on any atom is 0.197 e. The maximum absolute atomic E-state index is 13.3. The van der Waals surface area contributed by atoms with E-state index in [1.54, 1.807) is 0 Å². The third-order valence-corrected chi connectivity index (χ3v) is 2.05. The largest absolute Gasteiger partial charge is 0.369 e. The molecule has 0 spiro atoms. The number of H-pyrrole nitrogens is 1. The molecule has 3 nitrogen and oxygen atoms in total. The fourth-order valence-electron chi connectivity index (χ4n) is 1.18. The number of imidazole rings is 1. The molecule has 0 radical (unpaired) electrons. The molecule has 1 heterocycles. The van der Waals surface area contributed by atoms with Gasteiger partial charge in [-0.2, -0.15) is 0 Å². The van der Waals surface area contributed by atoms with Gasteiger partial charge in [-0.1, -0.05) is 11.6 Å². The summed E-state index contributed by atoms with van der Waals surface area (Å²) in [5.41, 5.74) is 6.26. The van der Waals surface area contributed by atoms with Crippen molar-refractivity contribution in [3.05, 3.63) is 35.2 Å². The lowest BCUT2D eigenvalue weighted by molar-refractivity contribution is 0.631. The summed E-state index contributed by atoms with van der Waals surface area (Å²) in [6, 6.07) is 4.30. The molecule has 72 valence electrons. The number of rotatable bonds is 1. The highest BCUT2D eigenvalue weighted by Crippen LogP contribution is 2.24. The third-order valence-electron chi connectivity index (χ3n) is 1.81. The van der Waals surface area contributed by atoms with Gasteiger partial charge in [0.25, 0.3) is 0 Å². The van der Waals surface area contributed by atoms with E-state index >= 15 is 0 Å². The first kappa shape index (κ1) is 9.02. The normalized spacial score (nSPS) is 10.4. The van der Waals surface area contributed by atoms with Gasteiger partial charge in [0.2, 0.25) is 0 Å². The van der Waals surface area contributed by atoms with Crippen LogP contribution in [0.4, 0.5) is 10.3 Å². The van der Waals surface area contributed by atoms with Crippen LogP contribution in [0.3, 0.4) is 0 Å². The van der Waals surface area contributed by atoms with Crippen LogP contribution in [0.15, 0.2) is 24.4 Å². The molecular formula is C9H7ClFN3. The first-order chi connectivity index (χ1) is 6.66. The van der Waals surface area contributed by atoms with Crippen molar-refractivity contribution in [3.63, 3.8) is 0 Å². The van der Waals surface area contributed by atoms with E-state index in [0.717, 1.165) is 0 Å². The van der Waals surface area contributed by atoms with Crippen LogP contribution in [0.25, 0.3) is 11.3 Å². The van der Waals surface area contributed by atoms with Gasteiger partial charge in [0, 0.05) is 10.6 Å². The number of benzene rings is 1. The molecule has 3 N–H and O–H groups in total. The molecule has 0 unspecified atom stereocenters. The summed E-state index contributed by atoms with van der Waals surface area (Å²) in [5, 5.41) is 0.467. The molecule has 0 fully saturated rings. The van der Waals surface area contributed by atoms with E-state index in [-0.39, 0.29) is 11.8 Å². The SMILES string of the molecule is Nc1ncc(-c2cc(Cl)ccc2F)[nH]1. The molecule has 0 amide bonds. The van der Waals surface area contributed by atoms with Crippen LogP contribution < -0.4 is 5.73 Å². The number of nitrogens with one attached hydrogen (secondary N) is 1. The molecule has 2 aromatic rings. The van der Waals surface area contributed by atoms with Crippen molar-refractivity contribution in [1.29, 1.82) is 0 Å². The smallest absolute Gasteiger partial charge is 0.197 e. The molecule has 14 heavy (non-hydrogen) atoms. The fourth-order valence-corrected chi connectivity index (χ4v) is 1.35. The number of aromatic nitrogens is 2. The minimum Gasteiger partial charge on any atom is -0.369 e. The van der Waals surface area contributed by atoms with Crippen LogP contribution in [0, 0.1) is 5.82 Å². The Bertz CT molecular complexity index is 467. The number of nitrogens with zero attached hydrogens (tertiary/aromatic N) is 1. The van der Waals surface area contributed by atoms with E-state index in [1.165, 1.54) is 24.4 Å². The van der Waals surface area contributed by atoms with Gasteiger partial charge in [-0.25, -0.2) is 9.37 Å². The van der Waals surface area contributed by atoms with Crippen LogP contribution in [-0.4, -0.2) is 9.97 Å². The Balaban J connectivity index is 2.55. The third kappa shape index (κ3) is 1.56. The van der Waals surface area contributed by atoms with Crippen molar-refractivity contribution in [2.75, 3.05) is 5.73 Å². The summed E-state index contributed by atoms with van der Waals surface area (Å²) in [5.74, 6) is -0.113. The highest BCUT2D eigenvalue weighted by molar-refractivity contribution is 6.30. The van der Waals surface area contributed by atoms with Gasteiger partial charge < -0.3 is 10.7 Å². The zero-order chi connectivity index (χ0) is 10.1. The zero-order valence-corrected chi connectivity index (χ0v) is 7.85. The lowest BCUT2D eigenvalue weighted by Crippen LogP contribution is -1.87. The molecule has 1 aromatic heterocycles. The Morgan fingerprint density at radius 3 is 2.86 bits per heavy atom. The predicted octanol–water partition coefficient (Wildman–Crippen LogP) is 2.45. The van der Waals surface area contributed by atoms with Crippen molar-refractivity contribution in [2.24, 2.45) is 0 Å². The number of aromatic amines is 1. The maximum atomic E-state index is 13.3. The molecule has 0 saturated heterocycles. The molecule has 1 aromatic carbocycles. The van der Waals surface area contributed by atoms with Crippen molar-refractivity contribution >= 4 is 17.5 Å². The average molecular weight is 212 g/mol. The minimum absolute atomic E-state index is 0.249. The second-order valence-corrected chi connectivity index (χ2v) is 3.24. The molecular weight excluding hydrogens is 205 g/mol. The summed E-state index contributed by atoms with van der Waals surface area (Å²) in [4.78, 5) is 6.50. The molecule has 0 bridgehead atoms. The van der Waals surface area contributed by atoms with Gasteiger partial charge in [0.15, 0.2) is 5.95 Å². The lowest BCUT2D eigenvalue weighted by Gasteiger charge is -1.99. The van der Waals surface area contributed by atoms with Crippen LogP contribution in [0.1, 0.15) is 0 Å². The van der Waals surface area contributed by atoms with E-state index in [4.69, 9.17) is 17.3 Å². The van der Waals surface area contributed by atoms with E-state index in [0.29, 0.717) is 16.3 Å². The summed E-state index contributed by atoms with van der Waals surface area (Å²) < 4.78 is 13.3. The standard InChI is InChI=1S/C9H7ClFN3/c10-5-1-2-7(11)6(3-5)8-4-13-9(12)14-8/h1-4H,(H3,12,13,14). The van der Waals surface area contributed by atoms with Crippen LogP contribution in [-0.2, 0) is 0 Å². The van der Waals surface area contributed by atoms with Crippen molar-refractivity contribution < 1.29 is 4.39 Å². The molecule has 0 aliphatic rings. The zero-order valence-electron chi connectivity index (χ0n) is 7.09. The second-order valence-electron chi connectivity index (χ2n) is 2.81. The Labute approximate surface area is 84.7 Å². The van der Waals surface area contributed by atoms with E-state index < -0.39 is 0 Å². The Morgan fingerprint density at radius 2 is 2.21 bits per heavy atom. The molecule has 0 aliphatic heterocycles. The quantitative estimate of drug-likeness (QED) is 0.761. The van der Waals surface area contributed by atoms with Gasteiger partial charge in [0.1, 0.15) is 5.82 Å². The molecule has 2 rings (SSSR count). The first-order valence-corrected chi connectivity index (χ1v) is 4.30. The van der Waals surface area contributed by atoms with Gasteiger partial charge in [-0.3, -0.25) is 0 Å². The minimum atomic E-state index is -0.363.